The van der Waals surface area contributed by atoms with Gasteiger partial charge in [0, 0.05) is 25.0 Å². The number of rotatable bonds is 6. The van der Waals surface area contributed by atoms with Crippen LogP contribution in [0.3, 0.4) is 0 Å². The number of esters is 2. The fourth-order valence-corrected chi connectivity index (χ4v) is 3.32. The van der Waals surface area contributed by atoms with Gasteiger partial charge in [-0.05, 0) is 30.2 Å². The number of nitrogens with one attached hydrogen (secondary N) is 1. The maximum atomic E-state index is 12.6. The molecule has 1 heterocycles. The smallest absolute Gasteiger partial charge is 0.328 e. The zero-order chi connectivity index (χ0) is 21.0. The minimum absolute atomic E-state index is 0.0530. The Bertz CT molecular complexity index is 927. The summed E-state index contributed by atoms with van der Waals surface area (Å²) < 4.78 is 10.8. The average molecular weight is 396 g/mol. The second kappa shape index (κ2) is 8.86. The highest BCUT2D eigenvalue weighted by Gasteiger charge is 2.33. The largest absolute Gasteiger partial charge is 0.460 e. The molecule has 0 aliphatic heterocycles. The minimum atomic E-state index is -0.879. The summed E-state index contributed by atoms with van der Waals surface area (Å²) in [6.45, 7) is 5.22. The van der Waals surface area contributed by atoms with E-state index in [-0.39, 0.29) is 29.9 Å². The molecule has 7 nitrogen and oxygen atoms in total. The lowest BCUT2D eigenvalue weighted by molar-refractivity contribution is -0.151. The molecule has 29 heavy (non-hydrogen) atoms. The first kappa shape index (κ1) is 20.5. The SMILES string of the molecule is CCC(=O)Oc1cccnc1C(=O)N[C@@H](C)C(=O)OC1Cc2ccccc2C1C. The number of hydrogen-bond acceptors (Lipinski definition) is 6. The Kier molecular flexibility index (Phi) is 6.26. The standard InChI is InChI=1S/C22H24N2O5/c1-4-19(25)28-17-10-7-11-23-20(17)21(26)24-14(3)22(27)29-18-12-15-8-5-6-9-16(15)13(18)2/h5-11,13-14,18H,4,12H2,1-3H3,(H,24,26)/t13?,14-,18?/m0/s1. The van der Waals surface area contributed by atoms with Gasteiger partial charge < -0.3 is 14.8 Å². The van der Waals surface area contributed by atoms with Crippen LogP contribution in [0.1, 0.15) is 54.7 Å². The first-order chi connectivity index (χ1) is 13.9. The Labute approximate surface area is 169 Å². The van der Waals surface area contributed by atoms with E-state index in [1.54, 1.807) is 19.9 Å². The van der Waals surface area contributed by atoms with E-state index in [2.05, 4.69) is 10.3 Å². The molecule has 0 fully saturated rings. The quantitative estimate of drug-likeness (QED) is 0.755. The van der Waals surface area contributed by atoms with E-state index < -0.39 is 23.9 Å². The fourth-order valence-electron chi connectivity index (χ4n) is 3.32. The molecule has 152 valence electrons. The molecule has 1 amide bonds. The van der Waals surface area contributed by atoms with Crippen LogP contribution in [0.5, 0.6) is 5.75 Å². The van der Waals surface area contributed by atoms with E-state index in [0.717, 1.165) is 0 Å². The molecule has 3 atom stereocenters. The Hall–Kier alpha value is -3.22. The van der Waals surface area contributed by atoms with E-state index in [0.29, 0.717) is 6.42 Å². The van der Waals surface area contributed by atoms with Crippen molar-refractivity contribution in [2.75, 3.05) is 0 Å². The van der Waals surface area contributed by atoms with Crippen LogP contribution in [0.4, 0.5) is 0 Å². The molecular formula is C22H24N2O5. The molecule has 1 N–H and O–H groups in total. The van der Waals surface area contributed by atoms with Gasteiger partial charge in [-0.1, -0.05) is 38.1 Å². The van der Waals surface area contributed by atoms with E-state index in [1.807, 2.05) is 31.2 Å². The minimum Gasteiger partial charge on any atom is -0.460 e. The summed E-state index contributed by atoms with van der Waals surface area (Å²) in [7, 11) is 0. The Morgan fingerprint density at radius 3 is 2.69 bits per heavy atom. The molecule has 0 radical (unpaired) electrons. The van der Waals surface area contributed by atoms with Crippen molar-refractivity contribution in [3.05, 3.63) is 59.4 Å². The molecular weight excluding hydrogens is 372 g/mol. The maximum absolute atomic E-state index is 12.6. The number of carbonyl (C=O) groups is 3. The zero-order valence-electron chi connectivity index (χ0n) is 16.7. The molecule has 0 bridgehead atoms. The van der Waals surface area contributed by atoms with Crippen molar-refractivity contribution in [3.8, 4) is 5.75 Å². The zero-order valence-corrected chi connectivity index (χ0v) is 16.7. The predicted molar refractivity (Wildman–Crippen MR) is 106 cm³/mol. The van der Waals surface area contributed by atoms with Crippen LogP contribution in [0.25, 0.3) is 0 Å². The van der Waals surface area contributed by atoms with Crippen LogP contribution in [0.2, 0.25) is 0 Å². The summed E-state index contributed by atoms with van der Waals surface area (Å²) in [4.78, 5) is 40.6. The molecule has 2 aromatic rings. The number of hydrogen-bond donors (Lipinski definition) is 1. The van der Waals surface area contributed by atoms with Crippen LogP contribution in [0.15, 0.2) is 42.6 Å². The first-order valence-electron chi connectivity index (χ1n) is 9.65. The van der Waals surface area contributed by atoms with Crippen LogP contribution in [-0.2, 0) is 20.7 Å². The van der Waals surface area contributed by atoms with Gasteiger partial charge in [-0.2, -0.15) is 0 Å². The third-order valence-corrected chi connectivity index (χ3v) is 4.99. The monoisotopic (exact) mass is 396 g/mol. The van der Waals surface area contributed by atoms with Gasteiger partial charge >= 0.3 is 11.9 Å². The van der Waals surface area contributed by atoms with Crippen molar-refractivity contribution in [1.82, 2.24) is 10.3 Å². The number of pyridine rings is 1. The van der Waals surface area contributed by atoms with Crippen molar-refractivity contribution in [3.63, 3.8) is 0 Å². The second-order valence-corrected chi connectivity index (χ2v) is 7.04. The normalized spacial score (nSPS) is 18.4. The third-order valence-electron chi connectivity index (χ3n) is 4.99. The van der Waals surface area contributed by atoms with Gasteiger partial charge in [-0.3, -0.25) is 9.59 Å². The Morgan fingerprint density at radius 1 is 1.21 bits per heavy atom. The number of fused-ring (bicyclic) bond motifs is 1. The molecule has 1 aliphatic carbocycles. The number of benzene rings is 1. The summed E-state index contributed by atoms with van der Waals surface area (Å²) >= 11 is 0. The van der Waals surface area contributed by atoms with Gasteiger partial charge in [-0.15, -0.1) is 0 Å². The molecule has 1 aromatic carbocycles. The first-order valence-corrected chi connectivity index (χ1v) is 9.65. The molecule has 7 heteroatoms. The topological polar surface area (TPSA) is 94.6 Å². The van der Waals surface area contributed by atoms with Gasteiger partial charge in [0.1, 0.15) is 12.1 Å². The van der Waals surface area contributed by atoms with Gasteiger partial charge in [0.15, 0.2) is 11.4 Å². The molecule has 0 spiro atoms. The summed E-state index contributed by atoms with van der Waals surface area (Å²) in [6.07, 6.45) is 1.97. The van der Waals surface area contributed by atoms with Crippen molar-refractivity contribution < 1.29 is 23.9 Å². The highest BCUT2D eigenvalue weighted by Crippen LogP contribution is 2.34. The highest BCUT2D eigenvalue weighted by molar-refractivity contribution is 5.97. The van der Waals surface area contributed by atoms with E-state index in [4.69, 9.17) is 9.47 Å². The van der Waals surface area contributed by atoms with Gasteiger partial charge in [-0.25, -0.2) is 9.78 Å². The number of nitrogens with zero attached hydrogens (tertiary/aromatic N) is 1. The van der Waals surface area contributed by atoms with Crippen LogP contribution >= 0.6 is 0 Å². The highest BCUT2D eigenvalue weighted by atomic mass is 16.5. The van der Waals surface area contributed by atoms with Gasteiger partial charge in [0.2, 0.25) is 0 Å². The Morgan fingerprint density at radius 2 is 1.97 bits per heavy atom. The summed E-state index contributed by atoms with van der Waals surface area (Å²) in [5.41, 5.74) is 2.29. The van der Waals surface area contributed by atoms with Crippen molar-refractivity contribution in [1.29, 1.82) is 0 Å². The van der Waals surface area contributed by atoms with Crippen LogP contribution in [0, 0.1) is 0 Å². The van der Waals surface area contributed by atoms with Crippen LogP contribution in [-0.4, -0.2) is 35.0 Å². The van der Waals surface area contributed by atoms with Crippen LogP contribution < -0.4 is 10.1 Å². The average Bonchev–Trinajstić information content (AvgIpc) is 3.03. The summed E-state index contributed by atoms with van der Waals surface area (Å²) in [6, 6.07) is 10.2. The molecule has 1 aliphatic rings. The van der Waals surface area contributed by atoms with Gasteiger partial charge in [0.05, 0.1) is 0 Å². The molecule has 0 saturated heterocycles. The lowest BCUT2D eigenvalue weighted by atomic mass is 10.0. The molecule has 2 unspecified atom stereocenters. The van der Waals surface area contributed by atoms with Crippen molar-refractivity contribution >= 4 is 17.8 Å². The number of ether oxygens (including phenoxy) is 2. The summed E-state index contributed by atoms with van der Waals surface area (Å²) in [5, 5.41) is 2.57. The predicted octanol–water partition coefficient (Wildman–Crippen LogP) is 2.79. The molecule has 3 rings (SSSR count). The lowest BCUT2D eigenvalue weighted by Gasteiger charge is -2.20. The number of aromatic nitrogens is 1. The van der Waals surface area contributed by atoms with Crippen molar-refractivity contribution in [2.45, 2.75) is 51.7 Å². The maximum Gasteiger partial charge on any atom is 0.328 e. The fraction of sp³-hybridized carbons (Fsp3) is 0.364. The number of carbonyl (C=O) groups excluding carboxylic acids is 3. The molecule has 1 aromatic heterocycles. The van der Waals surface area contributed by atoms with E-state index in [9.17, 15) is 14.4 Å². The van der Waals surface area contributed by atoms with E-state index in [1.165, 1.54) is 23.4 Å². The van der Waals surface area contributed by atoms with Crippen molar-refractivity contribution in [2.24, 2.45) is 0 Å². The Balaban J connectivity index is 1.62. The molecule has 0 saturated carbocycles. The number of amides is 1. The van der Waals surface area contributed by atoms with Gasteiger partial charge in [0.25, 0.3) is 5.91 Å². The lowest BCUT2D eigenvalue weighted by Crippen LogP contribution is -2.41. The van der Waals surface area contributed by atoms with E-state index >= 15 is 0 Å². The third kappa shape index (κ3) is 4.62. The second-order valence-electron chi connectivity index (χ2n) is 7.04. The summed E-state index contributed by atoms with van der Waals surface area (Å²) in [5.74, 6) is -1.47.